The molecule has 19 heavy (non-hydrogen) atoms. The smallest absolute Gasteiger partial charge is 0.255 e. The topological polar surface area (TPSA) is 55.1 Å². The number of amides is 1. The van der Waals surface area contributed by atoms with Crippen LogP contribution in [0.2, 0.25) is 0 Å². The SMILES string of the molecule is Cc1cc(N)cc(C(=O)Nc2ccc(F)cc2I)c1. The zero-order valence-corrected chi connectivity index (χ0v) is 12.4. The second kappa shape index (κ2) is 5.56. The van der Waals surface area contributed by atoms with Crippen molar-refractivity contribution in [2.24, 2.45) is 0 Å². The number of halogens is 2. The van der Waals surface area contributed by atoms with Gasteiger partial charge in [0.1, 0.15) is 5.82 Å². The number of carbonyl (C=O) groups excluding carboxylic acids is 1. The summed E-state index contributed by atoms with van der Waals surface area (Å²) in [4.78, 5) is 12.1. The predicted molar refractivity (Wildman–Crippen MR) is 82.7 cm³/mol. The first-order chi connectivity index (χ1) is 8.95. The molecular formula is C14H12FIN2O. The summed E-state index contributed by atoms with van der Waals surface area (Å²) in [6, 6.07) is 9.36. The van der Waals surface area contributed by atoms with Crippen LogP contribution in [0.5, 0.6) is 0 Å². The van der Waals surface area contributed by atoms with E-state index in [1.165, 1.54) is 18.2 Å². The van der Waals surface area contributed by atoms with Gasteiger partial charge < -0.3 is 11.1 Å². The average molecular weight is 370 g/mol. The summed E-state index contributed by atoms with van der Waals surface area (Å²) in [6.07, 6.45) is 0. The second-order valence-corrected chi connectivity index (χ2v) is 5.37. The van der Waals surface area contributed by atoms with Crippen LogP contribution in [-0.2, 0) is 0 Å². The van der Waals surface area contributed by atoms with Gasteiger partial charge in [-0.15, -0.1) is 0 Å². The van der Waals surface area contributed by atoms with Crippen LogP contribution >= 0.6 is 22.6 Å². The number of nitrogens with two attached hydrogens (primary N) is 1. The molecule has 0 saturated heterocycles. The number of anilines is 2. The van der Waals surface area contributed by atoms with Crippen molar-refractivity contribution >= 4 is 39.9 Å². The maximum atomic E-state index is 13.0. The van der Waals surface area contributed by atoms with Crippen LogP contribution in [-0.4, -0.2) is 5.91 Å². The molecule has 0 aromatic heterocycles. The minimum absolute atomic E-state index is 0.264. The summed E-state index contributed by atoms with van der Waals surface area (Å²) in [5, 5.41) is 2.74. The molecule has 3 N–H and O–H groups in total. The van der Waals surface area contributed by atoms with Gasteiger partial charge in [0, 0.05) is 14.8 Å². The van der Waals surface area contributed by atoms with E-state index in [2.05, 4.69) is 5.32 Å². The fourth-order valence-electron chi connectivity index (χ4n) is 1.73. The Bertz CT molecular complexity index is 623. The van der Waals surface area contributed by atoms with Gasteiger partial charge >= 0.3 is 0 Å². The van der Waals surface area contributed by atoms with E-state index in [9.17, 15) is 9.18 Å². The first-order valence-electron chi connectivity index (χ1n) is 5.59. The standard InChI is InChI=1S/C14H12FIN2O/c1-8-4-9(6-11(17)5-8)14(19)18-13-3-2-10(15)7-12(13)16/h2-7H,17H2,1H3,(H,18,19). The van der Waals surface area contributed by atoms with Crippen LogP contribution in [0.1, 0.15) is 15.9 Å². The Morgan fingerprint density at radius 3 is 2.63 bits per heavy atom. The largest absolute Gasteiger partial charge is 0.399 e. The Hall–Kier alpha value is -1.63. The molecule has 1 amide bonds. The number of hydrogen-bond acceptors (Lipinski definition) is 2. The van der Waals surface area contributed by atoms with Crippen LogP contribution < -0.4 is 11.1 Å². The van der Waals surface area contributed by atoms with Gasteiger partial charge in [-0.25, -0.2) is 4.39 Å². The molecule has 5 heteroatoms. The van der Waals surface area contributed by atoms with Gasteiger partial charge in [-0.05, 0) is 71.5 Å². The van der Waals surface area contributed by atoms with Crippen LogP contribution in [0, 0.1) is 16.3 Å². The molecule has 2 aromatic rings. The third-order valence-electron chi connectivity index (χ3n) is 2.54. The van der Waals surface area contributed by atoms with Crippen LogP contribution in [0.3, 0.4) is 0 Å². The lowest BCUT2D eigenvalue weighted by Crippen LogP contribution is -2.13. The summed E-state index contributed by atoms with van der Waals surface area (Å²) in [6.45, 7) is 1.87. The molecule has 0 spiro atoms. The van der Waals surface area contributed by atoms with Crippen molar-refractivity contribution in [3.8, 4) is 0 Å². The Morgan fingerprint density at radius 1 is 1.26 bits per heavy atom. The molecular weight excluding hydrogens is 358 g/mol. The van der Waals surface area contributed by atoms with Crippen molar-refractivity contribution in [3.63, 3.8) is 0 Å². The normalized spacial score (nSPS) is 10.3. The highest BCUT2D eigenvalue weighted by molar-refractivity contribution is 14.1. The van der Waals surface area contributed by atoms with Crippen molar-refractivity contribution < 1.29 is 9.18 Å². The number of rotatable bonds is 2. The van der Waals surface area contributed by atoms with E-state index in [4.69, 9.17) is 5.73 Å². The van der Waals surface area contributed by atoms with E-state index >= 15 is 0 Å². The molecule has 2 aromatic carbocycles. The lowest BCUT2D eigenvalue weighted by atomic mass is 10.1. The Morgan fingerprint density at radius 2 is 2.00 bits per heavy atom. The van der Waals surface area contributed by atoms with Crippen molar-refractivity contribution in [1.29, 1.82) is 0 Å². The van der Waals surface area contributed by atoms with Gasteiger partial charge in [0.2, 0.25) is 0 Å². The van der Waals surface area contributed by atoms with Gasteiger partial charge in [-0.2, -0.15) is 0 Å². The molecule has 0 fully saturated rings. The van der Waals surface area contributed by atoms with E-state index in [0.29, 0.717) is 20.5 Å². The lowest BCUT2D eigenvalue weighted by molar-refractivity contribution is 0.102. The third kappa shape index (κ3) is 3.44. The number of aryl methyl sites for hydroxylation is 1. The number of hydrogen-bond donors (Lipinski definition) is 2. The van der Waals surface area contributed by atoms with Crippen LogP contribution in [0.25, 0.3) is 0 Å². The number of nitrogen functional groups attached to an aromatic ring is 1. The molecule has 0 atom stereocenters. The maximum absolute atomic E-state index is 13.0. The molecule has 0 bridgehead atoms. The Labute approximate surface area is 124 Å². The lowest BCUT2D eigenvalue weighted by Gasteiger charge is -2.08. The van der Waals surface area contributed by atoms with Gasteiger partial charge in [-0.3, -0.25) is 4.79 Å². The van der Waals surface area contributed by atoms with Crippen LogP contribution in [0.4, 0.5) is 15.8 Å². The van der Waals surface area contributed by atoms with Crippen molar-refractivity contribution in [2.45, 2.75) is 6.92 Å². The van der Waals surface area contributed by atoms with E-state index in [1.54, 1.807) is 18.2 Å². The maximum Gasteiger partial charge on any atom is 0.255 e. The van der Waals surface area contributed by atoms with E-state index < -0.39 is 0 Å². The molecule has 0 aliphatic heterocycles. The van der Waals surface area contributed by atoms with Crippen molar-refractivity contribution in [3.05, 3.63) is 56.9 Å². The zero-order valence-electron chi connectivity index (χ0n) is 10.2. The predicted octanol–water partition coefficient (Wildman–Crippen LogP) is 3.57. The Balaban J connectivity index is 2.25. The highest BCUT2D eigenvalue weighted by Gasteiger charge is 2.09. The third-order valence-corrected chi connectivity index (χ3v) is 3.43. The average Bonchev–Trinajstić information content (AvgIpc) is 2.31. The minimum atomic E-state index is -0.331. The second-order valence-electron chi connectivity index (χ2n) is 4.21. The highest BCUT2D eigenvalue weighted by Crippen LogP contribution is 2.20. The molecule has 98 valence electrons. The molecule has 0 radical (unpaired) electrons. The fourth-order valence-corrected chi connectivity index (χ4v) is 2.34. The molecule has 3 nitrogen and oxygen atoms in total. The summed E-state index contributed by atoms with van der Waals surface area (Å²) in [7, 11) is 0. The van der Waals surface area contributed by atoms with Crippen molar-refractivity contribution in [2.75, 3.05) is 11.1 Å². The van der Waals surface area contributed by atoms with E-state index in [-0.39, 0.29) is 11.7 Å². The monoisotopic (exact) mass is 370 g/mol. The van der Waals surface area contributed by atoms with E-state index in [1.807, 2.05) is 29.5 Å². The minimum Gasteiger partial charge on any atom is -0.399 e. The number of benzene rings is 2. The highest BCUT2D eigenvalue weighted by atomic mass is 127. The van der Waals surface area contributed by atoms with Gasteiger partial charge in [0.25, 0.3) is 5.91 Å². The molecule has 0 saturated carbocycles. The Kier molecular flexibility index (Phi) is 4.04. The van der Waals surface area contributed by atoms with Crippen molar-refractivity contribution in [1.82, 2.24) is 0 Å². The summed E-state index contributed by atoms with van der Waals surface area (Å²) < 4.78 is 13.6. The molecule has 0 aliphatic carbocycles. The zero-order chi connectivity index (χ0) is 14.0. The molecule has 0 heterocycles. The van der Waals surface area contributed by atoms with Gasteiger partial charge in [-0.1, -0.05) is 0 Å². The van der Waals surface area contributed by atoms with Gasteiger partial charge in [0.05, 0.1) is 5.69 Å². The quantitative estimate of drug-likeness (QED) is 0.627. The summed E-state index contributed by atoms with van der Waals surface area (Å²) >= 11 is 1.97. The first-order valence-corrected chi connectivity index (χ1v) is 6.67. The van der Waals surface area contributed by atoms with Crippen LogP contribution in [0.15, 0.2) is 36.4 Å². The molecule has 0 unspecified atom stereocenters. The summed E-state index contributed by atoms with van der Waals surface area (Å²) in [5.41, 5.74) is 8.23. The molecule has 2 rings (SSSR count). The molecule has 0 aliphatic rings. The summed E-state index contributed by atoms with van der Waals surface area (Å²) in [5.74, 6) is -0.595. The van der Waals surface area contributed by atoms with E-state index in [0.717, 1.165) is 5.56 Å². The van der Waals surface area contributed by atoms with Gasteiger partial charge in [0.15, 0.2) is 0 Å². The fraction of sp³-hybridized carbons (Fsp3) is 0.0714. The first kappa shape index (κ1) is 13.8. The number of carbonyl (C=O) groups is 1. The number of nitrogens with one attached hydrogen (secondary N) is 1.